The predicted octanol–water partition coefficient (Wildman–Crippen LogP) is 2.30. The maximum absolute atomic E-state index is 13.0. The first-order valence-corrected chi connectivity index (χ1v) is 12.1. The number of amides is 3. The van der Waals surface area contributed by atoms with E-state index in [1.807, 2.05) is 36.6 Å². The molecule has 2 unspecified atom stereocenters. The molecule has 0 aliphatic carbocycles. The van der Waals surface area contributed by atoms with Gasteiger partial charge in [0.25, 0.3) is 11.8 Å². The monoisotopic (exact) mass is 469 g/mol. The number of carbonyl (C=O) groups excluding carboxylic acids is 3. The summed E-state index contributed by atoms with van der Waals surface area (Å²) >= 11 is 1.51. The number of carbonyl (C=O) groups is 4. The topological polar surface area (TPSA) is 125 Å². The van der Waals surface area contributed by atoms with Crippen molar-refractivity contribution in [2.75, 3.05) is 18.6 Å². The third-order valence-electron chi connectivity index (χ3n) is 5.42. The SMILES string of the molecule is CSCCC(NC(=O)c1ccc(C(=O)NCC2CCC(=O)N2)cc1-c1ccccc1)C(=O)O. The van der Waals surface area contributed by atoms with Crippen LogP contribution in [-0.2, 0) is 9.59 Å². The van der Waals surface area contributed by atoms with Crippen LogP contribution in [0.15, 0.2) is 48.5 Å². The van der Waals surface area contributed by atoms with E-state index >= 15 is 0 Å². The minimum Gasteiger partial charge on any atom is -0.480 e. The number of hydrogen-bond donors (Lipinski definition) is 4. The maximum Gasteiger partial charge on any atom is 0.326 e. The fraction of sp³-hybridized carbons (Fsp3) is 0.333. The standard InChI is InChI=1S/C24H27N3O5S/c1-33-12-11-20(24(31)32)27-23(30)18-9-7-16(13-19(18)15-5-3-2-4-6-15)22(29)25-14-17-8-10-21(28)26-17/h2-7,9,13,17,20H,8,10-12,14H2,1H3,(H,25,29)(H,26,28)(H,27,30)(H,31,32). The zero-order chi connectivity index (χ0) is 23.8. The van der Waals surface area contributed by atoms with Gasteiger partial charge in [-0.05, 0) is 54.2 Å². The van der Waals surface area contributed by atoms with Crippen LogP contribution in [0.4, 0.5) is 0 Å². The minimum absolute atomic E-state index is 0.0202. The summed E-state index contributed by atoms with van der Waals surface area (Å²) in [5, 5.41) is 17.7. The highest BCUT2D eigenvalue weighted by Gasteiger charge is 2.24. The van der Waals surface area contributed by atoms with Crippen LogP contribution in [0.2, 0.25) is 0 Å². The van der Waals surface area contributed by atoms with E-state index in [0.717, 1.165) is 5.56 Å². The summed E-state index contributed by atoms with van der Waals surface area (Å²) in [5.74, 6) is -1.34. The number of rotatable bonds is 10. The van der Waals surface area contributed by atoms with E-state index in [-0.39, 0.29) is 23.4 Å². The van der Waals surface area contributed by atoms with Crippen molar-refractivity contribution in [3.8, 4) is 11.1 Å². The van der Waals surface area contributed by atoms with Gasteiger partial charge in [-0.3, -0.25) is 14.4 Å². The molecule has 1 heterocycles. The first-order valence-electron chi connectivity index (χ1n) is 10.7. The van der Waals surface area contributed by atoms with Gasteiger partial charge in [0.05, 0.1) is 0 Å². The fourth-order valence-electron chi connectivity index (χ4n) is 3.62. The van der Waals surface area contributed by atoms with Crippen molar-refractivity contribution in [1.82, 2.24) is 16.0 Å². The molecule has 2 aromatic rings. The van der Waals surface area contributed by atoms with Gasteiger partial charge in [0, 0.05) is 30.1 Å². The van der Waals surface area contributed by atoms with Gasteiger partial charge in [0.15, 0.2) is 0 Å². The summed E-state index contributed by atoms with van der Waals surface area (Å²) in [6.45, 7) is 0.323. The van der Waals surface area contributed by atoms with Crippen molar-refractivity contribution in [3.05, 3.63) is 59.7 Å². The first kappa shape index (κ1) is 24.3. The third kappa shape index (κ3) is 6.58. The molecule has 1 fully saturated rings. The van der Waals surface area contributed by atoms with Crippen LogP contribution in [-0.4, -0.2) is 59.4 Å². The van der Waals surface area contributed by atoms with Crippen molar-refractivity contribution in [1.29, 1.82) is 0 Å². The molecule has 0 spiro atoms. The number of thioether (sulfide) groups is 1. The Morgan fingerprint density at radius 1 is 1.15 bits per heavy atom. The molecule has 1 aliphatic heterocycles. The molecule has 33 heavy (non-hydrogen) atoms. The van der Waals surface area contributed by atoms with Crippen molar-refractivity contribution in [3.63, 3.8) is 0 Å². The smallest absolute Gasteiger partial charge is 0.326 e. The molecule has 9 heteroatoms. The van der Waals surface area contributed by atoms with E-state index in [9.17, 15) is 24.3 Å². The fourth-order valence-corrected chi connectivity index (χ4v) is 4.09. The van der Waals surface area contributed by atoms with E-state index in [0.29, 0.717) is 42.7 Å². The van der Waals surface area contributed by atoms with Gasteiger partial charge in [-0.1, -0.05) is 30.3 Å². The highest BCUT2D eigenvalue weighted by molar-refractivity contribution is 7.98. The Balaban J connectivity index is 1.83. The molecular formula is C24H27N3O5S. The first-order chi connectivity index (χ1) is 15.9. The summed E-state index contributed by atoms with van der Waals surface area (Å²) in [6, 6.07) is 12.8. The molecule has 4 N–H and O–H groups in total. The number of carboxylic acid groups (broad SMARTS) is 1. The highest BCUT2D eigenvalue weighted by atomic mass is 32.2. The van der Waals surface area contributed by atoms with Crippen LogP contribution >= 0.6 is 11.8 Å². The Morgan fingerprint density at radius 2 is 1.91 bits per heavy atom. The molecule has 8 nitrogen and oxygen atoms in total. The second-order valence-corrected chi connectivity index (χ2v) is 8.77. The van der Waals surface area contributed by atoms with Crippen molar-refractivity contribution < 1.29 is 24.3 Å². The molecular weight excluding hydrogens is 442 g/mol. The molecule has 0 saturated carbocycles. The Bertz CT molecular complexity index is 1030. The van der Waals surface area contributed by atoms with E-state index in [4.69, 9.17) is 0 Å². The van der Waals surface area contributed by atoms with E-state index in [2.05, 4.69) is 16.0 Å². The molecule has 1 aliphatic rings. The molecule has 0 aromatic heterocycles. The predicted molar refractivity (Wildman–Crippen MR) is 127 cm³/mol. The lowest BCUT2D eigenvalue weighted by Crippen LogP contribution is -2.41. The summed E-state index contributed by atoms with van der Waals surface area (Å²) in [7, 11) is 0. The Hall–Kier alpha value is -3.33. The maximum atomic E-state index is 13.0. The molecule has 0 bridgehead atoms. The highest BCUT2D eigenvalue weighted by Crippen LogP contribution is 2.25. The number of aliphatic carboxylic acids is 1. The summed E-state index contributed by atoms with van der Waals surface area (Å²) in [6.07, 6.45) is 3.31. The largest absolute Gasteiger partial charge is 0.480 e. The number of carboxylic acids is 1. The third-order valence-corrected chi connectivity index (χ3v) is 6.06. The van der Waals surface area contributed by atoms with Crippen molar-refractivity contribution >= 4 is 35.5 Å². The quantitative estimate of drug-likeness (QED) is 0.423. The van der Waals surface area contributed by atoms with E-state index in [1.54, 1.807) is 12.1 Å². The molecule has 3 rings (SSSR count). The van der Waals surface area contributed by atoms with E-state index in [1.165, 1.54) is 17.8 Å². The second-order valence-electron chi connectivity index (χ2n) is 7.79. The van der Waals surface area contributed by atoms with Crippen molar-refractivity contribution in [2.24, 2.45) is 0 Å². The van der Waals surface area contributed by atoms with Crippen LogP contribution in [0.3, 0.4) is 0 Å². The number of nitrogens with one attached hydrogen (secondary N) is 3. The Labute approximate surface area is 196 Å². The van der Waals surface area contributed by atoms with Gasteiger partial charge in [0.2, 0.25) is 5.91 Å². The van der Waals surface area contributed by atoms with Gasteiger partial charge in [0.1, 0.15) is 6.04 Å². The Kier molecular flexibility index (Phi) is 8.48. The van der Waals surface area contributed by atoms with Crippen LogP contribution in [0, 0.1) is 0 Å². The summed E-state index contributed by atoms with van der Waals surface area (Å²) < 4.78 is 0. The molecule has 174 valence electrons. The van der Waals surface area contributed by atoms with Gasteiger partial charge >= 0.3 is 5.97 Å². The average molecular weight is 470 g/mol. The van der Waals surface area contributed by atoms with Gasteiger partial charge in [-0.15, -0.1) is 0 Å². The normalized spacial score (nSPS) is 16.0. The lowest BCUT2D eigenvalue weighted by atomic mass is 9.96. The molecule has 1 saturated heterocycles. The molecule has 3 amide bonds. The second kappa shape index (κ2) is 11.5. The zero-order valence-electron chi connectivity index (χ0n) is 18.3. The van der Waals surface area contributed by atoms with Gasteiger partial charge in [-0.2, -0.15) is 11.8 Å². The lowest BCUT2D eigenvalue weighted by Gasteiger charge is -2.17. The van der Waals surface area contributed by atoms with Crippen LogP contribution < -0.4 is 16.0 Å². The van der Waals surface area contributed by atoms with Crippen LogP contribution in [0.5, 0.6) is 0 Å². The van der Waals surface area contributed by atoms with Gasteiger partial charge in [-0.25, -0.2) is 4.79 Å². The van der Waals surface area contributed by atoms with Crippen molar-refractivity contribution in [2.45, 2.75) is 31.3 Å². The molecule has 2 atom stereocenters. The molecule has 2 aromatic carbocycles. The summed E-state index contributed by atoms with van der Waals surface area (Å²) in [4.78, 5) is 48.7. The van der Waals surface area contributed by atoms with E-state index < -0.39 is 17.9 Å². The average Bonchev–Trinajstić information content (AvgIpc) is 3.25. The zero-order valence-corrected chi connectivity index (χ0v) is 19.1. The number of hydrogen-bond acceptors (Lipinski definition) is 5. The Morgan fingerprint density at radius 3 is 2.55 bits per heavy atom. The number of benzene rings is 2. The lowest BCUT2D eigenvalue weighted by molar-refractivity contribution is -0.139. The van der Waals surface area contributed by atoms with Crippen LogP contribution in [0.25, 0.3) is 11.1 Å². The van der Waals surface area contributed by atoms with Crippen LogP contribution in [0.1, 0.15) is 40.0 Å². The summed E-state index contributed by atoms with van der Waals surface area (Å²) in [5.41, 5.74) is 1.92. The van der Waals surface area contributed by atoms with Gasteiger partial charge < -0.3 is 21.1 Å². The molecule has 0 radical (unpaired) electrons. The minimum atomic E-state index is -1.09.